The number of benzene rings is 2. The molecule has 106 valence electrons. The number of anilines is 1. The Morgan fingerprint density at radius 3 is 2.67 bits per heavy atom. The minimum atomic E-state index is 0.227. The van der Waals surface area contributed by atoms with Crippen molar-refractivity contribution in [2.24, 2.45) is 0 Å². The largest absolute Gasteiger partial charge is 0.484 e. The number of hydrogen-bond acceptors (Lipinski definition) is 5. The van der Waals surface area contributed by atoms with Crippen molar-refractivity contribution in [1.29, 1.82) is 0 Å². The van der Waals surface area contributed by atoms with Gasteiger partial charge in [0.25, 0.3) is 5.89 Å². The van der Waals surface area contributed by atoms with Crippen molar-refractivity contribution in [3.05, 3.63) is 60.0 Å². The highest BCUT2D eigenvalue weighted by Crippen LogP contribution is 2.22. The van der Waals surface area contributed by atoms with E-state index >= 15 is 0 Å². The summed E-state index contributed by atoms with van der Waals surface area (Å²) in [6.45, 7) is 2.17. The number of aromatic nitrogens is 2. The molecule has 0 bridgehead atoms. The average molecular weight is 281 g/mol. The van der Waals surface area contributed by atoms with Crippen molar-refractivity contribution in [3.63, 3.8) is 0 Å². The monoisotopic (exact) mass is 281 g/mol. The molecule has 0 saturated carbocycles. The molecule has 21 heavy (non-hydrogen) atoms. The minimum absolute atomic E-state index is 0.227. The van der Waals surface area contributed by atoms with E-state index in [1.54, 1.807) is 6.07 Å². The van der Waals surface area contributed by atoms with Crippen molar-refractivity contribution in [1.82, 2.24) is 10.2 Å². The summed E-state index contributed by atoms with van der Waals surface area (Å²) < 4.78 is 11.3. The quantitative estimate of drug-likeness (QED) is 0.743. The molecule has 0 spiro atoms. The SMILES string of the molecule is Cc1cc(N)ccc1OCc1nnc(-c2ccccc2)o1. The van der Waals surface area contributed by atoms with Gasteiger partial charge in [0.2, 0.25) is 5.89 Å². The third-order valence-electron chi connectivity index (χ3n) is 3.04. The molecular formula is C16H15N3O2. The van der Waals surface area contributed by atoms with Crippen molar-refractivity contribution in [2.45, 2.75) is 13.5 Å². The number of rotatable bonds is 4. The van der Waals surface area contributed by atoms with Gasteiger partial charge >= 0.3 is 0 Å². The van der Waals surface area contributed by atoms with Crippen LogP contribution < -0.4 is 10.5 Å². The van der Waals surface area contributed by atoms with Crippen molar-refractivity contribution < 1.29 is 9.15 Å². The molecule has 0 aliphatic heterocycles. The van der Waals surface area contributed by atoms with Gasteiger partial charge in [-0.05, 0) is 42.8 Å². The van der Waals surface area contributed by atoms with Crippen LogP contribution in [0.3, 0.4) is 0 Å². The van der Waals surface area contributed by atoms with Crippen molar-refractivity contribution in [3.8, 4) is 17.2 Å². The Labute approximate surface area is 122 Å². The fourth-order valence-corrected chi connectivity index (χ4v) is 1.98. The number of nitrogens with zero attached hydrogens (tertiary/aromatic N) is 2. The maximum atomic E-state index is 5.71. The van der Waals surface area contributed by atoms with Crippen LogP contribution >= 0.6 is 0 Å². The lowest BCUT2D eigenvalue weighted by Crippen LogP contribution is -1.98. The molecule has 3 rings (SSSR count). The number of nitrogens with two attached hydrogens (primary N) is 1. The van der Waals surface area contributed by atoms with E-state index < -0.39 is 0 Å². The van der Waals surface area contributed by atoms with Gasteiger partial charge in [-0.2, -0.15) is 0 Å². The topological polar surface area (TPSA) is 74.2 Å². The number of hydrogen-bond donors (Lipinski definition) is 1. The number of aryl methyl sites for hydroxylation is 1. The number of ether oxygens (including phenoxy) is 1. The summed E-state index contributed by atoms with van der Waals surface area (Å²) in [4.78, 5) is 0. The highest BCUT2D eigenvalue weighted by Gasteiger charge is 2.09. The van der Waals surface area contributed by atoms with Crippen molar-refractivity contribution >= 4 is 5.69 Å². The normalized spacial score (nSPS) is 10.5. The third-order valence-corrected chi connectivity index (χ3v) is 3.04. The predicted octanol–water partition coefficient (Wildman–Crippen LogP) is 3.21. The molecule has 0 amide bonds. The van der Waals surface area contributed by atoms with Gasteiger partial charge in [-0.1, -0.05) is 18.2 Å². The van der Waals surface area contributed by atoms with Crippen LogP contribution in [-0.2, 0) is 6.61 Å². The summed E-state index contributed by atoms with van der Waals surface area (Å²) >= 11 is 0. The van der Waals surface area contributed by atoms with Gasteiger partial charge in [0.15, 0.2) is 6.61 Å². The van der Waals surface area contributed by atoms with Crippen molar-refractivity contribution in [2.75, 3.05) is 5.73 Å². The van der Waals surface area contributed by atoms with E-state index in [0.29, 0.717) is 17.5 Å². The van der Waals surface area contributed by atoms with E-state index in [0.717, 1.165) is 16.9 Å². The zero-order chi connectivity index (χ0) is 14.7. The first kappa shape index (κ1) is 13.2. The van der Waals surface area contributed by atoms with Gasteiger partial charge in [0.05, 0.1) is 0 Å². The molecule has 3 aromatic rings. The van der Waals surface area contributed by atoms with Gasteiger partial charge in [-0.25, -0.2) is 0 Å². The molecule has 1 heterocycles. The summed E-state index contributed by atoms with van der Waals surface area (Å²) in [5.74, 6) is 1.68. The average Bonchev–Trinajstić information content (AvgIpc) is 2.96. The Bertz CT molecular complexity index is 738. The summed E-state index contributed by atoms with van der Waals surface area (Å²) in [5, 5.41) is 8.01. The molecule has 0 aliphatic carbocycles. The molecule has 0 atom stereocenters. The maximum Gasteiger partial charge on any atom is 0.254 e. The highest BCUT2D eigenvalue weighted by atomic mass is 16.5. The van der Waals surface area contributed by atoms with Crippen LogP contribution in [0.4, 0.5) is 5.69 Å². The zero-order valence-corrected chi connectivity index (χ0v) is 11.6. The van der Waals surface area contributed by atoms with E-state index in [-0.39, 0.29) is 6.61 Å². The maximum absolute atomic E-state index is 5.71. The lowest BCUT2D eigenvalue weighted by Gasteiger charge is -2.07. The van der Waals surface area contributed by atoms with E-state index in [1.165, 1.54) is 0 Å². The molecule has 0 saturated heterocycles. The molecule has 0 aliphatic rings. The Balaban J connectivity index is 1.70. The van der Waals surface area contributed by atoms with Gasteiger partial charge in [0, 0.05) is 11.3 Å². The van der Waals surface area contributed by atoms with Gasteiger partial charge in [0.1, 0.15) is 5.75 Å². The lowest BCUT2D eigenvalue weighted by molar-refractivity contribution is 0.263. The second-order valence-corrected chi connectivity index (χ2v) is 4.68. The summed E-state index contributed by atoms with van der Waals surface area (Å²) in [7, 11) is 0. The first-order valence-corrected chi connectivity index (χ1v) is 6.59. The van der Waals surface area contributed by atoms with Gasteiger partial charge < -0.3 is 14.9 Å². The minimum Gasteiger partial charge on any atom is -0.484 e. The van der Waals surface area contributed by atoms with Gasteiger partial charge in [-0.15, -0.1) is 10.2 Å². The predicted molar refractivity (Wildman–Crippen MR) is 79.7 cm³/mol. The summed E-state index contributed by atoms with van der Waals surface area (Å²) in [6.07, 6.45) is 0. The van der Waals surface area contributed by atoms with Crippen LogP contribution in [0.25, 0.3) is 11.5 Å². The highest BCUT2D eigenvalue weighted by molar-refractivity contribution is 5.51. The molecule has 0 radical (unpaired) electrons. The first-order valence-electron chi connectivity index (χ1n) is 6.59. The molecule has 0 unspecified atom stereocenters. The van der Waals surface area contributed by atoms with Crippen LogP contribution in [0.1, 0.15) is 11.5 Å². The molecule has 2 aromatic carbocycles. The molecule has 0 fully saturated rings. The van der Waals surface area contributed by atoms with Crippen LogP contribution in [0.15, 0.2) is 52.9 Å². The summed E-state index contributed by atoms with van der Waals surface area (Å²) in [6, 6.07) is 15.1. The van der Waals surface area contributed by atoms with Crippen LogP contribution in [0.2, 0.25) is 0 Å². The van der Waals surface area contributed by atoms with Crippen LogP contribution in [0.5, 0.6) is 5.75 Å². The van der Waals surface area contributed by atoms with Crippen LogP contribution in [0, 0.1) is 6.92 Å². The lowest BCUT2D eigenvalue weighted by atomic mass is 10.2. The van der Waals surface area contributed by atoms with Gasteiger partial charge in [-0.3, -0.25) is 0 Å². The molecular weight excluding hydrogens is 266 g/mol. The van der Waals surface area contributed by atoms with E-state index in [9.17, 15) is 0 Å². The Morgan fingerprint density at radius 2 is 1.90 bits per heavy atom. The molecule has 5 nitrogen and oxygen atoms in total. The number of nitrogen functional groups attached to an aromatic ring is 1. The Hall–Kier alpha value is -2.82. The smallest absolute Gasteiger partial charge is 0.254 e. The molecule has 5 heteroatoms. The zero-order valence-electron chi connectivity index (χ0n) is 11.6. The van der Waals surface area contributed by atoms with Crippen LogP contribution in [-0.4, -0.2) is 10.2 Å². The fraction of sp³-hybridized carbons (Fsp3) is 0.125. The van der Waals surface area contributed by atoms with E-state index in [2.05, 4.69) is 10.2 Å². The standard InChI is InChI=1S/C16H15N3O2/c1-11-9-13(17)7-8-14(11)20-10-15-18-19-16(21-15)12-5-3-2-4-6-12/h2-9H,10,17H2,1H3. The second-order valence-electron chi connectivity index (χ2n) is 4.68. The molecule has 2 N–H and O–H groups in total. The van der Waals surface area contributed by atoms with E-state index in [4.69, 9.17) is 14.9 Å². The first-order chi connectivity index (χ1) is 10.2. The Kier molecular flexibility index (Phi) is 3.55. The second kappa shape index (κ2) is 5.66. The summed E-state index contributed by atoms with van der Waals surface area (Å²) in [5.41, 5.74) is 8.28. The molecule has 1 aromatic heterocycles. The Morgan fingerprint density at radius 1 is 1.10 bits per heavy atom. The third kappa shape index (κ3) is 3.02. The van der Waals surface area contributed by atoms with E-state index in [1.807, 2.05) is 49.4 Å². The fourth-order valence-electron chi connectivity index (χ4n) is 1.98.